The van der Waals surface area contributed by atoms with Crippen LogP contribution in [0, 0.1) is 12.3 Å². The quantitative estimate of drug-likeness (QED) is 0.682. The van der Waals surface area contributed by atoms with E-state index in [1.807, 2.05) is 6.92 Å². The highest BCUT2D eigenvalue weighted by molar-refractivity contribution is 5.44. The van der Waals surface area contributed by atoms with Crippen LogP contribution < -0.4 is 15.8 Å². The summed E-state index contributed by atoms with van der Waals surface area (Å²) in [5.41, 5.74) is 5.46. The van der Waals surface area contributed by atoms with Crippen LogP contribution in [0.15, 0.2) is 6.07 Å². The van der Waals surface area contributed by atoms with Crippen LogP contribution in [-0.2, 0) is 0 Å². The molecule has 0 saturated heterocycles. The summed E-state index contributed by atoms with van der Waals surface area (Å²) in [6, 6.07) is 1.51. The number of anilines is 2. The van der Waals surface area contributed by atoms with Crippen LogP contribution in [0.3, 0.4) is 0 Å². The van der Waals surface area contributed by atoms with Crippen LogP contribution in [0.4, 0.5) is 11.8 Å². The number of nitrogens with two attached hydrogens (primary N) is 1. The maximum Gasteiger partial charge on any atom is 0.225 e. The van der Waals surface area contributed by atoms with Gasteiger partial charge < -0.3 is 15.8 Å². The maximum atomic E-state index is 5.46. The minimum atomic E-state index is -0.117. The summed E-state index contributed by atoms with van der Waals surface area (Å²) < 4.78 is 4.93. The van der Waals surface area contributed by atoms with E-state index in [0.29, 0.717) is 11.7 Å². The van der Waals surface area contributed by atoms with Gasteiger partial charge in [0.2, 0.25) is 11.8 Å². The van der Waals surface area contributed by atoms with Crippen molar-refractivity contribution in [2.75, 3.05) is 18.2 Å². The molecule has 1 aromatic heterocycles. The lowest BCUT2D eigenvalue weighted by Gasteiger charge is -2.09. The molecule has 0 bridgehead atoms. The minimum absolute atomic E-state index is 0.117. The van der Waals surface area contributed by atoms with Gasteiger partial charge in [0.1, 0.15) is 5.82 Å². The highest BCUT2D eigenvalue weighted by Crippen LogP contribution is 2.14. The molecule has 1 unspecified atom stereocenters. The number of nitrogens with one attached hydrogen (secondary N) is 1. The fraction of sp³-hybridized carbons (Fsp3) is 0.333. The maximum absolute atomic E-state index is 5.46. The zero-order valence-electron chi connectivity index (χ0n) is 8.11. The Bertz CT molecular complexity index is 358. The smallest absolute Gasteiger partial charge is 0.225 e. The molecule has 74 valence electrons. The number of hydrogen-bond acceptors (Lipinski definition) is 5. The normalized spacial score (nSPS) is 11.5. The number of nitrogens with zero attached hydrogens (tertiary/aromatic N) is 2. The summed E-state index contributed by atoms with van der Waals surface area (Å²) >= 11 is 0. The van der Waals surface area contributed by atoms with E-state index in [1.54, 1.807) is 6.07 Å². The number of hydrogen-bond donors (Lipinski definition) is 2. The first-order valence-electron chi connectivity index (χ1n) is 4.07. The second kappa shape index (κ2) is 4.33. The van der Waals surface area contributed by atoms with Gasteiger partial charge >= 0.3 is 0 Å². The van der Waals surface area contributed by atoms with Gasteiger partial charge in [-0.15, -0.1) is 6.42 Å². The molecule has 5 heteroatoms. The zero-order valence-corrected chi connectivity index (χ0v) is 8.11. The molecule has 3 N–H and O–H groups in total. The van der Waals surface area contributed by atoms with Crippen molar-refractivity contribution in [2.24, 2.45) is 0 Å². The van der Waals surface area contributed by atoms with Crippen molar-refractivity contribution in [1.29, 1.82) is 0 Å². The lowest BCUT2D eigenvalue weighted by atomic mass is 10.3. The molecule has 1 aromatic rings. The highest BCUT2D eigenvalue weighted by atomic mass is 16.5. The van der Waals surface area contributed by atoms with E-state index in [1.165, 1.54) is 7.11 Å². The molecule has 0 aliphatic rings. The highest BCUT2D eigenvalue weighted by Gasteiger charge is 2.03. The minimum Gasteiger partial charge on any atom is -0.481 e. The first-order chi connectivity index (χ1) is 6.65. The summed E-state index contributed by atoms with van der Waals surface area (Å²) in [5, 5.41) is 2.96. The Hall–Kier alpha value is -1.96. The van der Waals surface area contributed by atoms with Crippen LogP contribution in [0.1, 0.15) is 6.92 Å². The number of methoxy groups -OCH3 is 1. The van der Waals surface area contributed by atoms with Crippen LogP contribution in [0.25, 0.3) is 0 Å². The molecular weight excluding hydrogens is 180 g/mol. The summed E-state index contributed by atoms with van der Waals surface area (Å²) in [5.74, 6) is 3.63. The molecule has 0 amide bonds. The first-order valence-corrected chi connectivity index (χ1v) is 4.07. The molecule has 14 heavy (non-hydrogen) atoms. The van der Waals surface area contributed by atoms with Gasteiger partial charge in [-0.1, -0.05) is 5.92 Å². The molecule has 5 nitrogen and oxygen atoms in total. The number of aromatic nitrogens is 2. The topological polar surface area (TPSA) is 73.1 Å². The Morgan fingerprint density at radius 2 is 2.36 bits per heavy atom. The van der Waals surface area contributed by atoms with Crippen LogP contribution in [0.2, 0.25) is 0 Å². The van der Waals surface area contributed by atoms with E-state index >= 15 is 0 Å². The fourth-order valence-corrected chi connectivity index (χ4v) is 0.885. The van der Waals surface area contributed by atoms with Crippen molar-refractivity contribution in [3.8, 4) is 18.2 Å². The molecule has 1 atom stereocenters. The van der Waals surface area contributed by atoms with E-state index in [2.05, 4.69) is 21.2 Å². The number of rotatable bonds is 3. The van der Waals surface area contributed by atoms with E-state index in [0.717, 1.165) is 0 Å². The first kappa shape index (κ1) is 10.1. The van der Waals surface area contributed by atoms with E-state index in [9.17, 15) is 0 Å². The van der Waals surface area contributed by atoms with Gasteiger partial charge in [0.15, 0.2) is 0 Å². The molecule has 1 heterocycles. The third kappa shape index (κ3) is 2.52. The zero-order chi connectivity index (χ0) is 10.6. The summed E-state index contributed by atoms with van der Waals surface area (Å²) in [6.07, 6.45) is 5.21. The van der Waals surface area contributed by atoms with E-state index < -0.39 is 0 Å². The predicted octanol–water partition coefficient (Wildman–Crippen LogP) is 0.501. The Morgan fingerprint density at radius 3 is 2.93 bits per heavy atom. The van der Waals surface area contributed by atoms with Gasteiger partial charge in [-0.3, -0.25) is 0 Å². The molecule has 0 aliphatic heterocycles. The van der Waals surface area contributed by atoms with Crippen LogP contribution in [-0.4, -0.2) is 23.1 Å². The Kier molecular flexibility index (Phi) is 3.13. The molecule has 0 spiro atoms. The summed E-state index contributed by atoms with van der Waals surface area (Å²) in [4.78, 5) is 7.79. The third-order valence-electron chi connectivity index (χ3n) is 1.54. The van der Waals surface area contributed by atoms with Crippen molar-refractivity contribution < 1.29 is 4.74 Å². The molecule has 0 aromatic carbocycles. The third-order valence-corrected chi connectivity index (χ3v) is 1.54. The van der Waals surface area contributed by atoms with Gasteiger partial charge in [0.25, 0.3) is 0 Å². The van der Waals surface area contributed by atoms with Crippen molar-refractivity contribution in [3.05, 3.63) is 6.07 Å². The van der Waals surface area contributed by atoms with Crippen molar-refractivity contribution in [3.63, 3.8) is 0 Å². The molecular formula is C9H12N4O. The van der Waals surface area contributed by atoms with Crippen LogP contribution in [0.5, 0.6) is 5.88 Å². The van der Waals surface area contributed by atoms with Gasteiger partial charge in [-0.05, 0) is 6.92 Å². The molecule has 1 rings (SSSR count). The number of terminal acetylenes is 1. The second-order valence-electron chi connectivity index (χ2n) is 2.69. The summed E-state index contributed by atoms with van der Waals surface area (Å²) in [7, 11) is 1.51. The largest absolute Gasteiger partial charge is 0.481 e. The average molecular weight is 192 g/mol. The Morgan fingerprint density at radius 1 is 1.64 bits per heavy atom. The lowest BCUT2D eigenvalue weighted by molar-refractivity contribution is 0.398. The van der Waals surface area contributed by atoms with Crippen molar-refractivity contribution in [2.45, 2.75) is 13.0 Å². The molecule has 0 saturated carbocycles. The lowest BCUT2D eigenvalue weighted by Crippen LogP contribution is -2.14. The average Bonchev–Trinajstić information content (AvgIpc) is 2.16. The van der Waals surface area contributed by atoms with Gasteiger partial charge in [-0.2, -0.15) is 9.97 Å². The van der Waals surface area contributed by atoms with E-state index in [-0.39, 0.29) is 12.0 Å². The Balaban J connectivity index is 2.87. The van der Waals surface area contributed by atoms with Gasteiger partial charge in [0.05, 0.1) is 13.2 Å². The molecule has 0 fully saturated rings. The number of ether oxygens (including phenoxy) is 1. The second-order valence-corrected chi connectivity index (χ2v) is 2.69. The monoisotopic (exact) mass is 192 g/mol. The standard InChI is InChI=1S/C9H12N4O/c1-4-6(2)11-7-5-8(14-3)13-9(10)12-7/h1,5-6H,2-3H3,(H3,10,11,12,13). The van der Waals surface area contributed by atoms with Crippen LogP contribution >= 0.6 is 0 Å². The predicted molar refractivity (Wildman–Crippen MR) is 54.9 cm³/mol. The number of nitrogen functional groups attached to an aromatic ring is 1. The molecule has 0 aliphatic carbocycles. The Labute approximate surface area is 82.7 Å². The van der Waals surface area contributed by atoms with Gasteiger partial charge in [-0.25, -0.2) is 0 Å². The fourth-order valence-electron chi connectivity index (χ4n) is 0.885. The summed E-state index contributed by atoms with van der Waals surface area (Å²) in [6.45, 7) is 1.84. The SMILES string of the molecule is C#CC(C)Nc1cc(OC)nc(N)n1. The molecule has 0 radical (unpaired) electrons. The van der Waals surface area contributed by atoms with E-state index in [4.69, 9.17) is 16.9 Å². The van der Waals surface area contributed by atoms with Crippen molar-refractivity contribution in [1.82, 2.24) is 9.97 Å². The van der Waals surface area contributed by atoms with Crippen molar-refractivity contribution >= 4 is 11.8 Å². The van der Waals surface area contributed by atoms with Gasteiger partial charge in [0, 0.05) is 6.07 Å².